The highest BCUT2D eigenvalue weighted by atomic mass is 16.5. The van der Waals surface area contributed by atoms with E-state index in [-0.39, 0.29) is 0 Å². The normalized spacial score (nSPS) is 19.3. The number of hydrogen-bond acceptors (Lipinski definition) is 3. The van der Waals surface area contributed by atoms with E-state index in [1.807, 2.05) is 30.3 Å². The van der Waals surface area contributed by atoms with Crippen LogP contribution in [0.15, 0.2) is 30.3 Å². The number of hydrogen-bond donors (Lipinski definition) is 1. The van der Waals surface area contributed by atoms with Gasteiger partial charge in [-0.25, -0.2) is 0 Å². The molecule has 0 spiro atoms. The van der Waals surface area contributed by atoms with Gasteiger partial charge in [-0.15, -0.1) is 0 Å². The minimum absolute atomic E-state index is 0.485. The van der Waals surface area contributed by atoms with E-state index in [1.165, 1.54) is 32.5 Å². The van der Waals surface area contributed by atoms with E-state index < -0.39 is 0 Å². The molecule has 1 aromatic carbocycles. The van der Waals surface area contributed by atoms with Gasteiger partial charge < -0.3 is 15.4 Å². The van der Waals surface area contributed by atoms with Crippen molar-refractivity contribution in [3.63, 3.8) is 0 Å². The summed E-state index contributed by atoms with van der Waals surface area (Å²) in [7, 11) is 0. The number of nitrogens with zero attached hydrogens (tertiary/aromatic N) is 1. The molecule has 1 aliphatic heterocycles. The Kier molecular flexibility index (Phi) is 5.67. The molecule has 2 rings (SSSR count). The lowest BCUT2D eigenvalue weighted by Crippen LogP contribution is -2.39. The van der Waals surface area contributed by atoms with Gasteiger partial charge in [-0.2, -0.15) is 0 Å². The van der Waals surface area contributed by atoms with Crippen molar-refractivity contribution in [3.05, 3.63) is 30.3 Å². The smallest absolute Gasteiger partial charge is 0.119 e. The minimum atomic E-state index is 0.485. The molecule has 3 heteroatoms. The molecule has 0 bridgehead atoms. The second-order valence-corrected chi connectivity index (χ2v) is 5.39. The summed E-state index contributed by atoms with van der Waals surface area (Å²) < 4.78 is 5.87. The Morgan fingerprint density at radius 1 is 1.26 bits per heavy atom. The molecule has 3 nitrogen and oxygen atoms in total. The topological polar surface area (TPSA) is 38.5 Å². The van der Waals surface area contributed by atoms with E-state index in [9.17, 15) is 0 Å². The average molecular weight is 262 g/mol. The summed E-state index contributed by atoms with van der Waals surface area (Å²) in [6.07, 6.45) is 2.52. The van der Waals surface area contributed by atoms with Crippen LogP contribution in [0.3, 0.4) is 0 Å². The third-order valence-electron chi connectivity index (χ3n) is 4.26. The maximum atomic E-state index is 5.94. The highest BCUT2D eigenvalue weighted by Crippen LogP contribution is 2.25. The SMILES string of the molecule is CCN1CCC(C(CN)COc2ccccc2)CC1. The van der Waals surface area contributed by atoms with Gasteiger partial charge in [-0.1, -0.05) is 25.1 Å². The van der Waals surface area contributed by atoms with Crippen LogP contribution in [0.1, 0.15) is 19.8 Å². The standard InChI is InChI=1S/C16H26N2O/c1-2-18-10-8-14(9-11-18)15(12-17)13-19-16-6-4-3-5-7-16/h3-7,14-15H,2,8-13,17H2,1H3. The number of piperidine rings is 1. The lowest BCUT2D eigenvalue weighted by atomic mass is 9.84. The predicted octanol–water partition coefficient (Wildman–Crippen LogP) is 2.37. The molecule has 1 saturated heterocycles. The zero-order valence-corrected chi connectivity index (χ0v) is 11.9. The maximum absolute atomic E-state index is 5.94. The highest BCUT2D eigenvalue weighted by molar-refractivity contribution is 5.20. The van der Waals surface area contributed by atoms with Crippen LogP contribution in [0, 0.1) is 11.8 Å². The second-order valence-electron chi connectivity index (χ2n) is 5.39. The first-order valence-corrected chi connectivity index (χ1v) is 7.43. The van der Waals surface area contributed by atoms with Gasteiger partial charge in [-0.3, -0.25) is 0 Å². The summed E-state index contributed by atoms with van der Waals surface area (Å²) in [5.41, 5.74) is 5.94. The van der Waals surface area contributed by atoms with Gasteiger partial charge in [0.25, 0.3) is 0 Å². The number of benzene rings is 1. The molecule has 1 unspecified atom stereocenters. The summed E-state index contributed by atoms with van der Waals surface area (Å²) >= 11 is 0. The van der Waals surface area contributed by atoms with Crippen molar-refractivity contribution in [2.75, 3.05) is 32.8 Å². The molecule has 1 heterocycles. The van der Waals surface area contributed by atoms with Crippen molar-refractivity contribution in [3.8, 4) is 5.75 Å². The molecule has 1 aliphatic rings. The van der Waals surface area contributed by atoms with E-state index >= 15 is 0 Å². The molecule has 2 N–H and O–H groups in total. The van der Waals surface area contributed by atoms with E-state index in [2.05, 4.69) is 11.8 Å². The van der Waals surface area contributed by atoms with Crippen LogP contribution in [0.5, 0.6) is 5.75 Å². The third kappa shape index (κ3) is 4.22. The molecule has 0 aromatic heterocycles. The zero-order chi connectivity index (χ0) is 13.5. The highest BCUT2D eigenvalue weighted by Gasteiger charge is 2.25. The summed E-state index contributed by atoms with van der Waals surface area (Å²) in [5, 5.41) is 0. The molecular weight excluding hydrogens is 236 g/mol. The van der Waals surface area contributed by atoms with Gasteiger partial charge in [0.1, 0.15) is 5.75 Å². The third-order valence-corrected chi connectivity index (χ3v) is 4.26. The van der Waals surface area contributed by atoms with Crippen LogP contribution in [0.4, 0.5) is 0 Å². The fourth-order valence-electron chi connectivity index (χ4n) is 2.86. The molecule has 106 valence electrons. The summed E-state index contributed by atoms with van der Waals surface area (Å²) in [4.78, 5) is 2.52. The van der Waals surface area contributed by atoms with Gasteiger partial charge in [-0.05, 0) is 57.1 Å². The van der Waals surface area contributed by atoms with Crippen molar-refractivity contribution in [2.45, 2.75) is 19.8 Å². The number of para-hydroxylation sites is 1. The average Bonchev–Trinajstić information content (AvgIpc) is 2.49. The number of rotatable bonds is 6. The van der Waals surface area contributed by atoms with Gasteiger partial charge in [0.05, 0.1) is 6.61 Å². The molecule has 0 amide bonds. The molecule has 1 aromatic rings. The van der Waals surface area contributed by atoms with Crippen molar-refractivity contribution < 1.29 is 4.74 Å². The fraction of sp³-hybridized carbons (Fsp3) is 0.625. The first kappa shape index (κ1) is 14.4. The number of likely N-dealkylation sites (tertiary alicyclic amines) is 1. The first-order chi connectivity index (χ1) is 9.33. The van der Waals surface area contributed by atoms with Crippen LogP contribution in [0.2, 0.25) is 0 Å². The van der Waals surface area contributed by atoms with Crippen molar-refractivity contribution in [1.82, 2.24) is 4.90 Å². The lowest BCUT2D eigenvalue weighted by Gasteiger charge is -2.35. The first-order valence-electron chi connectivity index (χ1n) is 7.43. The number of ether oxygens (including phenoxy) is 1. The quantitative estimate of drug-likeness (QED) is 0.855. The Morgan fingerprint density at radius 3 is 2.53 bits per heavy atom. The summed E-state index contributed by atoms with van der Waals surface area (Å²) in [5.74, 6) is 2.16. The molecule has 1 fully saturated rings. The Labute approximate surface area is 116 Å². The monoisotopic (exact) mass is 262 g/mol. The molecule has 0 aliphatic carbocycles. The largest absolute Gasteiger partial charge is 0.493 e. The minimum Gasteiger partial charge on any atom is -0.493 e. The van der Waals surface area contributed by atoms with E-state index in [0.29, 0.717) is 5.92 Å². The van der Waals surface area contributed by atoms with Crippen LogP contribution in [-0.2, 0) is 0 Å². The van der Waals surface area contributed by atoms with Crippen LogP contribution in [-0.4, -0.2) is 37.7 Å². The van der Waals surface area contributed by atoms with Crippen molar-refractivity contribution in [2.24, 2.45) is 17.6 Å². The van der Waals surface area contributed by atoms with E-state index in [1.54, 1.807) is 0 Å². The van der Waals surface area contributed by atoms with Crippen LogP contribution in [0.25, 0.3) is 0 Å². The Morgan fingerprint density at radius 2 is 1.95 bits per heavy atom. The van der Waals surface area contributed by atoms with Crippen LogP contribution >= 0.6 is 0 Å². The lowest BCUT2D eigenvalue weighted by molar-refractivity contribution is 0.121. The second kappa shape index (κ2) is 7.51. The van der Waals surface area contributed by atoms with Crippen LogP contribution < -0.4 is 10.5 Å². The van der Waals surface area contributed by atoms with Gasteiger partial charge in [0, 0.05) is 5.92 Å². The van der Waals surface area contributed by atoms with E-state index in [0.717, 1.165) is 24.8 Å². The molecule has 0 saturated carbocycles. The molecule has 0 radical (unpaired) electrons. The summed E-state index contributed by atoms with van der Waals surface area (Å²) in [6.45, 7) is 7.30. The zero-order valence-electron chi connectivity index (χ0n) is 11.9. The van der Waals surface area contributed by atoms with E-state index in [4.69, 9.17) is 10.5 Å². The van der Waals surface area contributed by atoms with Crippen molar-refractivity contribution in [1.29, 1.82) is 0 Å². The molecular formula is C16H26N2O. The van der Waals surface area contributed by atoms with Gasteiger partial charge in [0.15, 0.2) is 0 Å². The predicted molar refractivity (Wildman–Crippen MR) is 79.3 cm³/mol. The van der Waals surface area contributed by atoms with Gasteiger partial charge in [0.2, 0.25) is 0 Å². The van der Waals surface area contributed by atoms with Crippen molar-refractivity contribution >= 4 is 0 Å². The molecule has 1 atom stereocenters. The Balaban J connectivity index is 1.80. The number of nitrogens with two attached hydrogens (primary N) is 1. The Bertz CT molecular complexity index is 347. The Hall–Kier alpha value is -1.06. The molecule has 19 heavy (non-hydrogen) atoms. The van der Waals surface area contributed by atoms with Gasteiger partial charge >= 0.3 is 0 Å². The fourth-order valence-corrected chi connectivity index (χ4v) is 2.86. The maximum Gasteiger partial charge on any atom is 0.119 e. The summed E-state index contributed by atoms with van der Waals surface area (Å²) in [6, 6.07) is 10.0.